The van der Waals surface area contributed by atoms with Crippen molar-refractivity contribution in [2.24, 2.45) is 0 Å². The Morgan fingerprint density at radius 1 is 1.53 bits per heavy atom. The number of amides is 1. The molecular weight excluding hydrogens is 260 g/mol. The van der Waals surface area contributed by atoms with E-state index in [2.05, 4.69) is 15.9 Å². The lowest BCUT2D eigenvalue weighted by molar-refractivity contribution is 0.201. The van der Waals surface area contributed by atoms with Crippen LogP contribution in [-0.4, -0.2) is 17.2 Å². The summed E-state index contributed by atoms with van der Waals surface area (Å²) in [5.74, 6) is 0. The monoisotopic (exact) mass is 268 g/mol. The standard InChI is InChI=1S/C10H9BrN2O2/c1-7(6-12)13(10(14)15)9-4-2-8(11)3-5-9/h2-5,7H,1H3,(H,14,15). The van der Waals surface area contributed by atoms with Crippen molar-refractivity contribution in [1.29, 1.82) is 5.26 Å². The average molecular weight is 269 g/mol. The van der Waals surface area contributed by atoms with E-state index in [-0.39, 0.29) is 0 Å². The third-order valence-electron chi connectivity index (χ3n) is 1.89. The van der Waals surface area contributed by atoms with Crippen LogP contribution < -0.4 is 4.90 Å². The van der Waals surface area contributed by atoms with Gasteiger partial charge in [-0.3, -0.25) is 4.90 Å². The molecule has 0 saturated heterocycles. The molecule has 0 aliphatic rings. The molecule has 0 saturated carbocycles. The van der Waals surface area contributed by atoms with E-state index in [1.165, 1.54) is 6.92 Å². The highest BCUT2D eigenvalue weighted by atomic mass is 79.9. The molecule has 0 aliphatic heterocycles. The number of hydrogen-bond donors (Lipinski definition) is 1. The normalized spacial score (nSPS) is 11.5. The van der Waals surface area contributed by atoms with Crippen molar-refractivity contribution in [2.45, 2.75) is 13.0 Å². The van der Waals surface area contributed by atoms with Gasteiger partial charge in [-0.25, -0.2) is 4.79 Å². The Bertz CT molecular complexity index is 397. The average Bonchev–Trinajstić information content (AvgIpc) is 2.20. The van der Waals surface area contributed by atoms with E-state index < -0.39 is 12.1 Å². The zero-order chi connectivity index (χ0) is 11.4. The first kappa shape index (κ1) is 11.5. The van der Waals surface area contributed by atoms with Crippen molar-refractivity contribution >= 4 is 27.7 Å². The van der Waals surface area contributed by atoms with Crippen molar-refractivity contribution in [2.75, 3.05) is 4.90 Å². The second-order valence-electron chi connectivity index (χ2n) is 2.93. The van der Waals surface area contributed by atoms with E-state index in [4.69, 9.17) is 10.4 Å². The first-order chi connectivity index (χ1) is 7.06. The zero-order valence-electron chi connectivity index (χ0n) is 8.01. The Morgan fingerprint density at radius 3 is 2.47 bits per heavy atom. The van der Waals surface area contributed by atoms with E-state index in [1.807, 2.05) is 6.07 Å². The number of benzene rings is 1. The maximum atomic E-state index is 10.9. The lowest BCUT2D eigenvalue weighted by Crippen LogP contribution is -2.36. The first-order valence-electron chi connectivity index (χ1n) is 4.23. The Labute approximate surface area is 95.9 Å². The molecule has 1 unspecified atom stereocenters. The van der Waals surface area contributed by atoms with Crippen LogP contribution in [0.2, 0.25) is 0 Å². The van der Waals surface area contributed by atoms with Gasteiger partial charge in [0.15, 0.2) is 0 Å². The molecule has 4 nitrogen and oxygen atoms in total. The third kappa shape index (κ3) is 2.70. The summed E-state index contributed by atoms with van der Waals surface area (Å²) in [7, 11) is 0. The Kier molecular flexibility index (Phi) is 3.69. The summed E-state index contributed by atoms with van der Waals surface area (Å²) in [4.78, 5) is 12.0. The molecular formula is C10H9BrN2O2. The van der Waals surface area contributed by atoms with Gasteiger partial charge >= 0.3 is 6.09 Å². The van der Waals surface area contributed by atoms with Gasteiger partial charge in [-0.2, -0.15) is 5.26 Å². The predicted molar refractivity (Wildman–Crippen MR) is 59.7 cm³/mol. The minimum atomic E-state index is -1.13. The minimum absolute atomic E-state index is 0.486. The summed E-state index contributed by atoms with van der Waals surface area (Å²) in [6, 6.07) is 7.94. The second-order valence-corrected chi connectivity index (χ2v) is 3.85. The maximum absolute atomic E-state index is 10.9. The molecule has 0 spiro atoms. The highest BCUT2D eigenvalue weighted by Gasteiger charge is 2.20. The molecule has 0 heterocycles. The van der Waals surface area contributed by atoms with Gasteiger partial charge in [-0.05, 0) is 31.2 Å². The van der Waals surface area contributed by atoms with E-state index in [0.29, 0.717) is 5.69 Å². The van der Waals surface area contributed by atoms with Gasteiger partial charge in [-0.15, -0.1) is 0 Å². The lowest BCUT2D eigenvalue weighted by Gasteiger charge is -2.21. The van der Waals surface area contributed by atoms with Crippen LogP contribution in [0.1, 0.15) is 6.92 Å². The summed E-state index contributed by atoms with van der Waals surface area (Å²) in [6.45, 7) is 1.54. The number of carboxylic acid groups (broad SMARTS) is 1. The summed E-state index contributed by atoms with van der Waals surface area (Å²) in [5.41, 5.74) is 0.486. The summed E-state index contributed by atoms with van der Waals surface area (Å²) in [6.07, 6.45) is -1.13. The molecule has 1 atom stereocenters. The molecule has 0 bridgehead atoms. The Hall–Kier alpha value is -1.54. The van der Waals surface area contributed by atoms with Crippen LogP contribution in [0.3, 0.4) is 0 Å². The molecule has 1 N–H and O–H groups in total. The third-order valence-corrected chi connectivity index (χ3v) is 2.41. The van der Waals surface area contributed by atoms with Crippen LogP contribution in [0.25, 0.3) is 0 Å². The van der Waals surface area contributed by atoms with Crippen LogP contribution in [-0.2, 0) is 0 Å². The number of halogens is 1. The van der Waals surface area contributed by atoms with Gasteiger partial charge in [0.25, 0.3) is 0 Å². The van der Waals surface area contributed by atoms with Crippen LogP contribution >= 0.6 is 15.9 Å². The number of hydrogen-bond acceptors (Lipinski definition) is 2. The van der Waals surface area contributed by atoms with Crippen molar-refractivity contribution in [3.05, 3.63) is 28.7 Å². The zero-order valence-corrected chi connectivity index (χ0v) is 9.60. The number of carbonyl (C=O) groups is 1. The highest BCUT2D eigenvalue weighted by molar-refractivity contribution is 9.10. The summed E-state index contributed by atoms with van der Waals surface area (Å²) >= 11 is 3.25. The SMILES string of the molecule is CC(C#N)N(C(=O)O)c1ccc(Br)cc1. The van der Waals surface area contributed by atoms with Crippen LogP contribution in [0, 0.1) is 11.3 Å². The van der Waals surface area contributed by atoms with Gasteiger partial charge in [0.2, 0.25) is 0 Å². The van der Waals surface area contributed by atoms with E-state index in [0.717, 1.165) is 9.37 Å². The second kappa shape index (κ2) is 4.80. The van der Waals surface area contributed by atoms with E-state index >= 15 is 0 Å². The van der Waals surface area contributed by atoms with Gasteiger partial charge in [0, 0.05) is 10.2 Å². The Balaban J connectivity index is 3.06. The summed E-state index contributed by atoms with van der Waals surface area (Å²) < 4.78 is 0.862. The fourth-order valence-electron chi connectivity index (χ4n) is 1.16. The highest BCUT2D eigenvalue weighted by Crippen LogP contribution is 2.20. The van der Waals surface area contributed by atoms with Crippen molar-refractivity contribution in [3.8, 4) is 6.07 Å². The molecule has 0 radical (unpaired) electrons. The molecule has 5 heteroatoms. The van der Waals surface area contributed by atoms with E-state index in [9.17, 15) is 4.79 Å². The van der Waals surface area contributed by atoms with Gasteiger partial charge in [0.1, 0.15) is 6.04 Å². The molecule has 1 aromatic carbocycles. The lowest BCUT2D eigenvalue weighted by atomic mass is 10.2. The molecule has 0 aromatic heterocycles. The summed E-state index contributed by atoms with van der Waals surface area (Å²) in [5, 5.41) is 17.7. The molecule has 0 aliphatic carbocycles. The molecule has 1 aromatic rings. The van der Waals surface area contributed by atoms with Crippen molar-refractivity contribution in [3.63, 3.8) is 0 Å². The first-order valence-corrected chi connectivity index (χ1v) is 5.03. The number of nitrogens with zero attached hydrogens (tertiary/aromatic N) is 2. The van der Waals surface area contributed by atoms with Crippen molar-refractivity contribution < 1.29 is 9.90 Å². The minimum Gasteiger partial charge on any atom is -0.465 e. The number of nitriles is 1. The molecule has 0 fully saturated rings. The van der Waals surface area contributed by atoms with Crippen molar-refractivity contribution in [1.82, 2.24) is 0 Å². The molecule has 1 rings (SSSR count). The maximum Gasteiger partial charge on any atom is 0.412 e. The Morgan fingerprint density at radius 2 is 2.07 bits per heavy atom. The van der Waals surface area contributed by atoms with Gasteiger partial charge in [0.05, 0.1) is 6.07 Å². The number of rotatable bonds is 2. The van der Waals surface area contributed by atoms with Crippen LogP contribution in [0.4, 0.5) is 10.5 Å². The largest absolute Gasteiger partial charge is 0.465 e. The van der Waals surface area contributed by atoms with Gasteiger partial charge in [-0.1, -0.05) is 15.9 Å². The van der Waals surface area contributed by atoms with Crippen LogP contribution in [0.5, 0.6) is 0 Å². The fraction of sp³-hybridized carbons (Fsp3) is 0.200. The quantitative estimate of drug-likeness (QED) is 0.897. The van der Waals surface area contributed by atoms with Crippen LogP contribution in [0.15, 0.2) is 28.7 Å². The topological polar surface area (TPSA) is 64.3 Å². The van der Waals surface area contributed by atoms with Gasteiger partial charge < -0.3 is 5.11 Å². The predicted octanol–water partition coefficient (Wildman–Crippen LogP) is 2.85. The fourth-order valence-corrected chi connectivity index (χ4v) is 1.42. The van der Waals surface area contributed by atoms with E-state index in [1.54, 1.807) is 24.3 Å². The number of anilines is 1. The molecule has 15 heavy (non-hydrogen) atoms. The molecule has 78 valence electrons. The smallest absolute Gasteiger partial charge is 0.412 e. The molecule has 1 amide bonds.